The van der Waals surface area contributed by atoms with Gasteiger partial charge in [0.1, 0.15) is 12.6 Å². The van der Waals surface area contributed by atoms with Gasteiger partial charge < -0.3 is 10.2 Å². The van der Waals surface area contributed by atoms with E-state index < -0.39 is 21.4 Å². The van der Waals surface area contributed by atoms with Gasteiger partial charge in [0.15, 0.2) is 9.84 Å². The molecule has 6 nitrogen and oxygen atoms in total. The van der Waals surface area contributed by atoms with Crippen molar-refractivity contribution in [1.29, 1.82) is 0 Å². The Morgan fingerprint density at radius 1 is 1.32 bits per heavy atom. The van der Waals surface area contributed by atoms with Crippen LogP contribution in [0.15, 0.2) is 0 Å². The van der Waals surface area contributed by atoms with Crippen LogP contribution >= 0.6 is 0 Å². The van der Waals surface area contributed by atoms with Crippen LogP contribution in [0.1, 0.15) is 26.2 Å². The van der Waals surface area contributed by atoms with Gasteiger partial charge in [-0.3, -0.25) is 9.59 Å². The van der Waals surface area contributed by atoms with Crippen LogP contribution in [-0.2, 0) is 19.4 Å². The fraction of sp³-hybridized carbons (Fsp3) is 0.833. The van der Waals surface area contributed by atoms with Gasteiger partial charge in [0.05, 0.1) is 17.0 Å². The van der Waals surface area contributed by atoms with Crippen molar-refractivity contribution >= 4 is 21.7 Å². The molecule has 0 aromatic heterocycles. The third-order valence-corrected chi connectivity index (χ3v) is 6.27. The maximum absolute atomic E-state index is 12.5. The quantitative estimate of drug-likeness (QED) is 0.727. The van der Waals surface area contributed by atoms with Gasteiger partial charge in [-0.2, -0.15) is 0 Å². The zero-order chi connectivity index (χ0) is 13.8. The van der Waals surface area contributed by atoms with Gasteiger partial charge in [-0.25, -0.2) is 8.42 Å². The predicted molar refractivity (Wildman–Crippen MR) is 68.0 cm³/mol. The summed E-state index contributed by atoms with van der Waals surface area (Å²) in [6.45, 7) is 1.76. The first-order chi connectivity index (χ1) is 8.81. The van der Waals surface area contributed by atoms with Gasteiger partial charge in [0.2, 0.25) is 11.8 Å². The molecule has 2 amide bonds. The van der Waals surface area contributed by atoms with Crippen LogP contribution in [0.4, 0.5) is 0 Å². The van der Waals surface area contributed by atoms with Gasteiger partial charge in [-0.1, -0.05) is 0 Å². The molecule has 1 aliphatic carbocycles. The molecule has 2 unspecified atom stereocenters. The number of amides is 2. The molecule has 3 rings (SSSR count). The highest BCUT2D eigenvalue weighted by molar-refractivity contribution is 7.91. The van der Waals surface area contributed by atoms with Crippen molar-refractivity contribution in [2.75, 3.05) is 18.1 Å². The first-order valence-electron chi connectivity index (χ1n) is 6.62. The van der Waals surface area contributed by atoms with Gasteiger partial charge in [-0.05, 0) is 32.1 Å². The van der Waals surface area contributed by atoms with E-state index in [2.05, 4.69) is 5.32 Å². The van der Waals surface area contributed by atoms with Crippen LogP contribution in [0.5, 0.6) is 0 Å². The maximum atomic E-state index is 12.5. The molecule has 0 aromatic carbocycles. The van der Waals surface area contributed by atoms with Crippen molar-refractivity contribution in [2.24, 2.45) is 5.92 Å². The van der Waals surface area contributed by atoms with Crippen molar-refractivity contribution in [3.8, 4) is 0 Å². The fourth-order valence-electron chi connectivity index (χ4n) is 3.08. The summed E-state index contributed by atoms with van der Waals surface area (Å²) in [5, 5.41) is 2.74. The minimum absolute atomic E-state index is 0.0198. The molecule has 0 radical (unpaired) electrons. The molecular formula is C12H18N2O4S. The normalized spacial score (nSPS) is 38.4. The zero-order valence-corrected chi connectivity index (χ0v) is 11.7. The molecule has 2 heterocycles. The van der Waals surface area contributed by atoms with E-state index in [1.807, 2.05) is 0 Å². The third-order valence-electron chi connectivity index (χ3n) is 4.38. The summed E-state index contributed by atoms with van der Waals surface area (Å²) in [6.07, 6.45) is 2.34. The van der Waals surface area contributed by atoms with Crippen molar-refractivity contribution in [1.82, 2.24) is 10.2 Å². The van der Waals surface area contributed by atoms with Crippen LogP contribution in [0, 0.1) is 5.92 Å². The minimum Gasteiger partial charge on any atom is -0.342 e. The lowest BCUT2D eigenvalue weighted by Crippen LogP contribution is -2.65. The Balaban J connectivity index is 1.86. The molecule has 3 aliphatic rings. The second-order valence-corrected chi connectivity index (χ2v) is 8.33. The number of hydrogen-bond donors (Lipinski definition) is 1. The van der Waals surface area contributed by atoms with E-state index in [1.165, 1.54) is 4.90 Å². The molecule has 7 heteroatoms. The first kappa shape index (κ1) is 12.9. The molecule has 19 heavy (non-hydrogen) atoms. The van der Waals surface area contributed by atoms with Crippen LogP contribution in [-0.4, -0.2) is 54.8 Å². The lowest BCUT2D eigenvalue weighted by molar-refractivity contribution is -0.150. The van der Waals surface area contributed by atoms with E-state index >= 15 is 0 Å². The predicted octanol–water partition coefficient (Wildman–Crippen LogP) is -0.699. The minimum atomic E-state index is -3.09. The van der Waals surface area contributed by atoms with Crippen molar-refractivity contribution in [2.45, 2.75) is 37.8 Å². The van der Waals surface area contributed by atoms with Gasteiger partial charge in [0.25, 0.3) is 0 Å². The van der Waals surface area contributed by atoms with Crippen molar-refractivity contribution < 1.29 is 18.0 Å². The summed E-state index contributed by atoms with van der Waals surface area (Å²) in [4.78, 5) is 25.7. The molecule has 2 aliphatic heterocycles. The average Bonchev–Trinajstić information content (AvgIpc) is 3.09. The average molecular weight is 286 g/mol. The molecule has 3 fully saturated rings. The smallest absolute Gasteiger partial charge is 0.246 e. The Morgan fingerprint density at radius 3 is 2.53 bits per heavy atom. The molecule has 2 saturated heterocycles. The van der Waals surface area contributed by atoms with Crippen LogP contribution in [0.2, 0.25) is 0 Å². The standard InChI is InChI=1S/C12H18N2O4S/c1-12(4-5-19(17,18)7-12)14-6-9(15)13-10(11(14)16)8-2-3-8/h8,10H,2-7H2,1H3,(H,13,15). The summed E-state index contributed by atoms with van der Waals surface area (Å²) >= 11 is 0. The number of nitrogens with one attached hydrogen (secondary N) is 1. The van der Waals surface area contributed by atoms with Gasteiger partial charge >= 0.3 is 0 Å². The third kappa shape index (κ3) is 2.24. The second-order valence-electron chi connectivity index (χ2n) is 6.15. The number of sulfone groups is 1. The summed E-state index contributed by atoms with van der Waals surface area (Å²) < 4.78 is 23.3. The van der Waals surface area contributed by atoms with E-state index in [9.17, 15) is 18.0 Å². The Kier molecular flexibility index (Phi) is 2.68. The highest BCUT2D eigenvalue weighted by Crippen LogP contribution is 2.37. The topological polar surface area (TPSA) is 83.6 Å². The van der Waals surface area contributed by atoms with E-state index in [0.29, 0.717) is 6.42 Å². The molecule has 2 atom stereocenters. The first-order valence-corrected chi connectivity index (χ1v) is 8.44. The van der Waals surface area contributed by atoms with Crippen molar-refractivity contribution in [3.63, 3.8) is 0 Å². The Labute approximate surface area is 112 Å². The SMILES string of the molecule is CC1(N2CC(=O)NC(C3CC3)C2=O)CCS(=O)(=O)C1. The maximum Gasteiger partial charge on any atom is 0.246 e. The summed E-state index contributed by atoms with van der Waals surface area (Å²) in [5.41, 5.74) is -0.721. The number of hydrogen-bond acceptors (Lipinski definition) is 4. The largest absolute Gasteiger partial charge is 0.342 e. The lowest BCUT2D eigenvalue weighted by atomic mass is 9.95. The van der Waals surface area contributed by atoms with E-state index in [4.69, 9.17) is 0 Å². The van der Waals surface area contributed by atoms with E-state index in [-0.39, 0.29) is 35.8 Å². The number of nitrogens with zero attached hydrogens (tertiary/aromatic N) is 1. The molecule has 1 saturated carbocycles. The van der Waals surface area contributed by atoms with E-state index in [0.717, 1.165) is 12.8 Å². The number of rotatable bonds is 2. The molecule has 0 spiro atoms. The van der Waals surface area contributed by atoms with Gasteiger partial charge in [0, 0.05) is 0 Å². The number of piperazine rings is 1. The van der Waals surface area contributed by atoms with Gasteiger partial charge in [-0.15, -0.1) is 0 Å². The molecule has 0 aromatic rings. The van der Waals surface area contributed by atoms with E-state index in [1.54, 1.807) is 6.92 Å². The highest BCUT2D eigenvalue weighted by atomic mass is 32.2. The summed E-state index contributed by atoms with van der Waals surface area (Å²) in [6, 6.07) is -0.443. The second kappa shape index (κ2) is 3.94. The van der Waals surface area contributed by atoms with Crippen molar-refractivity contribution in [3.05, 3.63) is 0 Å². The molecule has 1 N–H and O–H groups in total. The molecule has 0 bridgehead atoms. The Bertz CT molecular complexity index is 540. The highest BCUT2D eigenvalue weighted by Gasteiger charge is 2.51. The monoisotopic (exact) mass is 286 g/mol. The van der Waals surface area contributed by atoms with Crippen LogP contribution in [0.25, 0.3) is 0 Å². The molecule has 106 valence electrons. The lowest BCUT2D eigenvalue weighted by Gasteiger charge is -2.42. The Morgan fingerprint density at radius 2 is 2.00 bits per heavy atom. The number of carbonyl (C=O) groups excluding carboxylic acids is 2. The Hall–Kier alpha value is -1.11. The van der Waals surface area contributed by atoms with Crippen LogP contribution in [0.3, 0.4) is 0 Å². The molecular weight excluding hydrogens is 268 g/mol. The zero-order valence-electron chi connectivity index (χ0n) is 10.9. The summed E-state index contributed by atoms with van der Waals surface area (Å²) in [5.74, 6) is 0.0175. The van der Waals surface area contributed by atoms with Crippen LogP contribution < -0.4 is 5.32 Å². The number of carbonyl (C=O) groups is 2. The summed E-state index contributed by atoms with van der Waals surface area (Å²) in [7, 11) is -3.09. The fourth-order valence-corrected chi connectivity index (χ4v) is 5.23.